The number of nitrogens with one attached hydrogen (secondary N) is 4. The molecular weight excluding hydrogens is 602 g/mol. The van der Waals surface area contributed by atoms with E-state index in [4.69, 9.17) is 0 Å². The van der Waals surface area contributed by atoms with Crippen LogP contribution in [0.3, 0.4) is 0 Å². The molecule has 0 aromatic carbocycles. The summed E-state index contributed by atoms with van der Waals surface area (Å²) in [5, 5.41) is 15.0. The third-order valence-corrected chi connectivity index (χ3v) is 11.8. The highest BCUT2D eigenvalue weighted by Crippen LogP contribution is 2.72. The Hall–Kier alpha value is -4.29. The van der Waals surface area contributed by atoms with Crippen molar-refractivity contribution in [2.24, 2.45) is 48.5 Å². The van der Waals surface area contributed by atoms with E-state index in [0.717, 1.165) is 42.9 Å². The van der Waals surface area contributed by atoms with Gasteiger partial charge in [0.05, 0.1) is 0 Å². The number of carbonyl (C=O) groups is 5. The number of Topliss-reactive ketones (excluding diaryl/α,β-unsaturated/α-hetero) is 1. The topological polar surface area (TPSA) is 173 Å². The van der Waals surface area contributed by atoms with Crippen molar-refractivity contribution in [2.45, 2.75) is 76.4 Å². The second kappa shape index (κ2) is 12.1. The van der Waals surface area contributed by atoms with Crippen LogP contribution in [0.5, 0.6) is 0 Å². The Morgan fingerprint density at radius 3 is 2.21 bits per heavy atom. The van der Waals surface area contributed by atoms with Gasteiger partial charge in [-0.1, -0.05) is 0 Å². The molecule has 9 rings (SSSR count). The monoisotopic (exact) mass is 645 g/mol. The zero-order chi connectivity index (χ0) is 33.0. The number of pyridine rings is 1. The number of aromatic nitrogens is 3. The van der Waals surface area contributed by atoms with Gasteiger partial charge in [-0.05, 0) is 111 Å². The van der Waals surface area contributed by atoms with Crippen molar-refractivity contribution < 1.29 is 24.0 Å². The van der Waals surface area contributed by atoms with Crippen LogP contribution in [0, 0.1) is 41.4 Å². The highest BCUT2D eigenvalue weighted by molar-refractivity contribution is 6.36. The van der Waals surface area contributed by atoms with E-state index in [1.54, 1.807) is 26.2 Å². The molecule has 2 heterocycles. The second-order valence-corrected chi connectivity index (χ2v) is 14.6. The predicted molar refractivity (Wildman–Crippen MR) is 170 cm³/mol. The Morgan fingerprint density at radius 2 is 1.62 bits per heavy atom. The predicted octanol–water partition coefficient (Wildman–Crippen LogP) is 1.38. The molecule has 7 aliphatic rings. The minimum absolute atomic E-state index is 0.0625. The average Bonchev–Trinajstić information content (AvgIpc) is 3.49. The molecular formula is C34H43N7O6. The van der Waals surface area contributed by atoms with E-state index in [1.807, 2.05) is 0 Å². The summed E-state index contributed by atoms with van der Waals surface area (Å²) < 4.78 is 2.71. The summed E-state index contributed by atoms with van der Waals surface area (Å²) in [5.41, 5.74) is -0.762. The molecule has 8 bridgehead atoms. The number of hydrogen-bond acceptors (Lipinski definition) is 7. The highest BCUT2D eigenvalue weighted by Gasteiger charge is 2.67. The quantitative estimate of drug-likeness (QED) is 0.253. The molecule has 0 aliphatic heterocycles. The summed E-state index contributed by atoms with van der Waals surface area (Å²) in [5.74, 6) is 2.42. The molecule has 0 saturated heterocycles. The second-order valence-electron chi connectivity index (χ2n) is 14.6. The van der Waals surface area contributed by atoms with Crippen LogP contribution < -0.4 is 26.8 Å². The SMILES string of the molecule is CCNC(=O)C(=O)CC[C@H](NC(=O)c1ccn(C)n1)C(=O)Nc1cccn(CC(=O)NC23CC4C5CC6CC4C(C2)C(C6)C5C3)c1=O. The van der Waals surface area contributed by atoms with Gasteiger partial charge in [0, 0.05) is 37.9 Å². The third kappa shape index (κ3) is 5.78. The zero-order valence-electron chi connectivity index (χ0n) is 26.9. The molecule has 47 heavy (non-hydrogen) atoms. The van der Waals surface area contributed by atoms with Crippen molar-refractivity contribution in [1.82, 2.24) is 30.3 Å². The van der Waals surface area contributed by atoms with Crippen molar-refractivity contribution in [3.63, 3.8) is 0 Å². The first-order valence-electron chi connectivity index (χ1n) is 17.0. The first-order chi connectivity index (χ1) is 22.5. The number of aryl methyl sites for hydroxylation is 1. The summed E-state index contributed by atoms with van der Waals surface area (Å²) in [6, 6.07) is 3.22. The van der Waals surface area contributed by atoms with Gasteiger partial charge >= 0.3 is 0 Å². The first kappa shape index (κ1) is 31.3. The van der Waals surface area contributed by atoms with Gasteiger partial charge < -0.3 is 25.8 Å². The van der Waals surface area contributed by atoms with Gasteiger partial charge in [-0.15, -0.1) is 0 Å². The number of hydrogen-bond donors (Lipinski definition) is 4. The van der Waals surface area contributed by atoms with Crippen LogP contribution in [-0.4, -0.2) is 61.9 Å². The Balaban J connectivity index is 1.01. The average molecular weight is 646 g/mol. The van der Waals surface area contributed by atoms with E-state index < -0.39 is 35.1 Å². The number of carbonyl (C=O) groups excluding carboxylic acids is 5. The molecule has 0 radical (unpaired) electrons. The summed E-state index contributed by atoms with van der Waals surface area (Å²) in [6.07, 6.45) is 9.82. The molecule has 0 unspecified atom stereocenters. The Morgan fingerprint density at radius 1 is 0.957 bits per heavy atom. The highest BCUT2D eigenvalue weighted by atomic mass is 16.2. The number of likely N-dealkylation sites (N-methyl/N-ethyl adjacent to an activating group) is 1. The van der Waals surface area contributed by atoms with Crippen LogP contribution in [0.2, 0.25) is 0 Å². The van der Waals surface area contributed by atoms with Crippen LogP contribution in [0.15, 0.2) is 35.4 Å². The van der Waals surface area contributed by atoms with Gasteiger partial charge in [0.15, 0.2) is 0 Å². The molecule has 250 valence electrons. The van der Waals surface area contributed by atoms with Crippen LogP contribution in [0.1, 0.15) is 68.8 Å². The zero-order valence-corrected chi connectivity index (χ0v) is 26.9. The van der Waals surface area contributed by atoms with Gasteiger partial charge in [-0.3, -0.25) is 33.4 Å². The number of anilines is 1. The fourth-order valence-electron chi connectivity index (χ4n) is 10.2. The van der Waals surface area contributed by atoms with Crippen molar-refractivity contribution >= 4 is 35.1 Å². The van der Waals surface area contributed by atoms with E-state index >= 15 is 0 Å². The lowest BCUT2D eigenvalue weighted by molar-refractivity contribution is -0.215. The fourth-order valence-corrected chi connectivity index (χ4v) is 10.2. The van der Waals surface area contributed by atoms with Gasteiger partial charge in [-0.2, -0.15) is 5.10 Å². The first-order valence-corrected chi connectivity index (χ1v) is 17.0. The standard InChI is InChI=1S/C34H43N7O6/c1-3-35-32(46)28(42)7-6-25(36-31(45)26-8-10-40(2)39-26)30(44)37-27-5-4-9-41(33(27)47)17-29(43)38-34-14-22-19-11-18-12-20(22)24(16-34)21(13-18)23(19)15-34/h4-5,8-10,18-25H,3,6-7,11-17H2,1-2H3,(H,35,46)(H,36,45)(H,37,44)(H,38,43)/t18?,19?,20?,21?,22?,23?,24?,25-,34?/m0/s1. The van der Waals surface area contributed by atoms with Gasteiger partial charge in [0.2, 0.25) is 17.6 Å². The van der Waals surface area contributed by atoms with Crippen molar-refractivity contribution in [3.05, 3.63) is 46.6 Å². The molecule has 7 fully saturated rings. The minimum Gasteiger partial charge on any atom is -0.350 e. The van der Waals surface area contributed by atoms with E-state index in [0.29, 0.717) is 17.8 Å². The van der Waals surface area contributed by atoms with Crippen molar-refractivity contribution in [2.75, 3.05) is 11.9 Å². The van der Waals surface area contributed by atoms with E-state index in [9.17, 15) is 28.8 Å². The lowest BCUT2D eigenvalue weighted by atomic mass is 9.34. The minimum atomic E-state index is -1.25. The summed E-state index contributed by atoms with van der Waals surface area (Å²) in [7, 11) is 1.64. The van der Waals surface area contributed by atoms with E-state index in [-0.39, 0.29) is 48.8 Å². The molecule has 1 atom stereocenters. The molecule has 7 aliphatic carbocycles. The maximum atomic E-state index is 13.5. The normalized spacial score (nSPS) is 31.3. The molecule has 13 nitrogen and oxygen atoms in total. The van der Waals surface area contributed by atoms with Crippen LogP contribution in [-0.2, 0) is 32.8 Å². The third-order valence-electron chi connectivity index (χ3n) is 11.8. The van der Waals surface area contributed by atoms with Gasteiger partial charge in [0.1, 0.15) is 24.0 Å². The molecule has 2 aromatic heterocycles. The molecule has 7 saturated carbocycles. The lowest BCUT2D eigenvalue weighted by Crippen LogP contribution is -2.71. The summed E-state index contributed by atoms with van der Waals surface area (Å²) >= 11 is 0. The number of rotatable bonds is 12. The van der Waals surface area contributed by atoms with E-state index in [2.05, 4.69) is 26.4 Å². The van der Waals surface area contributed by atoms with Crippen molar-refractivity contribution in [1.29, 1.82) is 0 Å². The largest absolute Gasteiger partial charge is 0.350 e. The summed E-state index contributed by atoms with van der Waals surface area (Å²) in [4.78, 5) is 77.4. The molecule has 4 amide bonds. The number of amides is 4. The maximum Gasteiger partial charge on any atom is 0.287 e. The Kier molecular flexibility index (Phi) is 8.04. The smallest absolute Gasteiger partial charge is 0.287 e. The Labute approximate surface area is 272 Å². The number of nitrogens with zero attached hydrogens (tertiary/aromatic N) is 3. The van der Waals surface area contributed by atoms with Gasteiger partial charge in [0.25, 0.3) is 17.4 Å². The summed E-state index contributed by atoms with van der Waals surface area (Å²) in [6.45, 7) is 1.77. The maximum absolute atomic E-state index is 13.5. The Bertz CT molecular complexity index is 1620. The lowest BCUT2D eigenvalue weighted by Gasteiger charge is -2.72. The van der Waals surface area contributed by atoms with Crippen LogP contribution >= 0.6 is 0 Å². The number of ketones is 1. The molecule has 0 spiro atoms. The van der Waals surface area contributed by atoms with Crippen LogP contribution in [0.4, 0.5) is 5.69 Å². The van der Waals surface area contributed by atoms with Crippen molar-refractivity contribution in [3.8, 4) is 0 Å². The van der Waals surface area contributed by atoms with Gasteiger partial charge in [-0.25, -0.2) is 0 Å². The molecule has 2 aromatic rings. The van der Waals surface area contributed by atoms with E-state index in [1.165, 1.54) is 46.8 Å². The molecule has 13 heteroatoms. The molecule has 4 N–H and O–H groups in total. The van der Waals surface area contributed by atoms with Crippen LogP contribution in [0.25, 0.3) is 0 Å². The fraction of sp³-hybridized carbons (Fsp3) is 0.618.